The summed E-state index contributed by atoms with van der Waals surface area (Å²) in [5.41, 5.74) is 5.32. The smallest absolute Gasteiger partial charge is 0.254 e. The van der Waals surface area contributed by atoms with Gasteiger partial charge in [-0.15, -0.1) is 0 Å². The third-order valence-electron chi connectivity index (χ3n) is 6.17. The summed E-state index contributed by atoms with van der Waals surface area (Å²) in [5, 5.41) is 0. The van der Waals surface area contributed by atoms with Crippen molar-refractivity contribution in [1.29, 1.82) is 0 Å². The molecule has 1 amide bonds. The highest BCUT2D eigenvalue weighted by Crippen LogP contribution is 2.42. The minimum absolute atomic E-state index is 0.132. The van der Waals surface area contributed by atoms with Crippen LogP contribution in [0, 0.1) is 0 Å². The van der Waals surface area contributed by atoms with Crippen LogP contribution >= 0.6 is 0 Å². The molecule has 5 nitrogen and oxygen atoms in total. The lowest BCUT2D eigenvalue weighted by Gasteiger charge is -2.45. The number of rotatable bonds is 2. The molecule has 1 N–H and O–H groups in total. The molecule has 0 radical (unpaired) electrons. The molecule has 3 aromatic rings. The number of nitrogens with one attached hydrogen (secondary N) is 1. The molecule has 5 rings (SSSR count). The number of aromatic amines is 1. The SMILES string of the molecule is COc1ccc2c(c1)C1CCCN(C(=O)c3ccc4nc[nH]c4c3)[C@@H]1CC2. The second-order valence-electron chi connectivity index (χ2n) is 7.55. The van der Waals surface area contributed by atoms with E-state index in [1.807, 2.05) is 24.3 Å². The van der Waals surface area contributed by atoms with Crippen molar-refractivity contribution in [2.45, 2.75) is 37.6 Å². The lowest BCUT2D eigenvalue weighted by molar-refractivity contribution is 0.0547. The van der Waals surface area contributed by atoms with Crippen molar-refractivity contribution < 1.29 is 9.53 Å². The van der Waals surface area contributed by atoms with Crippen molar-refractivity contribution in [2.24, 2.45) is 0 Å². The number of hydrogen-bond acceptors (Lipinski definition) is 3. The van der Waals surface area contributed by atoms with E-state index in [-0.39, 0.29) is 11.9 Å². The van der Waals surface area contributed by atoms with Crippen LogP contribution in [0.25, 0.3) is 11.0 Å². The molecule has 1 unspecified atom stereocenters. The van der Waals surface area contributed by atoms with Crippen LogP contribution in [0.5, 0.6) is 5.75 Å². The molecule has 0 saturated carbocycles. The zero-order valence-electron chi connectivity index (χ0n) is 15.4. The fourth-order valence-corrected chi connectivity index (χ4v) is 4.84. The van der Waals surface area contributed by atoms with Crippen molar-refractivity contribution in [3.8, 4) is 5.75 Å². The maximum absolute atomic E-state index is 13.3. The summed E-state index contributed by atoms with van der Waals surface area (Å²) < 4.78 is 5.45. The third-order valence-corrected chi connectivity index (χ3v) is 6.17. The minimum Gasteiger partial charge on any atom is -0.497 e. The van der Waals surface area contributed by atoms with E-state index in [0.29, 0.717) is 5.92 Å². The van der Waals surface area contributed by atoms with Gasteiger partial charge >= 0.3 is 0 Å². The summed E-state index contributed by atoms with van der Waals surface area (Å²) in [6.45, 7) is 0.834. The lowest BCUT2D eigenvalue weighted by atomic mass is 9.74. The van der Waals surface area contributed by atoms with Gasteiger partial charge in [-0.05, 0) is 67.1 Å². The summed E-state index contributed by atoms with van der Waals surface area (Å²) in [6, 6.07) is 12.4. The molecule has 1 fully saturated rings. The first-order chi connectivity index (χ1) is 13.2. The molecular formula is C22H23N3O2. The number of nitrogens with zero attached hydrogens (tertiary/aromatic N) is 2. The number of carbonyl (C=O) groups excluding carboxylic acids is 1. The molecule has 0 spiro atoms. The number of benzene rings is 2. The Morgan fingerprint density at radius 1 is 1.22 bits per heavy atom. The normalized spacial score (nSPS) is 21.6. The molecule has 138 valence electrons. The van der Waals surface area contributed by atoms with Gasteiger partial charge in [0.15, 0.2) is 0 Å². The number of amides is 1. The maximum atomic E-state index is 13.3. The van der Waals surface area contributed by atoms with Crippen molar-refractivity contribution in [1.82, 2.24) is 14.9 Å². The second kappa shape index (κ2) is 6.41. The molecular weight excluding hydrogens is 338 g/mol. The fraction of sp³-hybridized carbons (Fsp3) is 0.364. The van der Waals surface area contributed by atoms with E-state index in [1.54, 1.807) is 13.4 Å². The number of piperidine rings is 1. The standard InChI is InChI=1S/C22H23N3O2/c1-27-16-7-4-14-6-9-21-17(18(14)12-16)3-2-10-25(21)22(26)15-5-8-19-20(11-15)24-13-23-19/h4-5,7-8,11-13,17,21H,2-3,6,9-10H2,1H3,(H,23,24)/t17?,21-/m1/s1. The topological polar surface area (TPSA) is 58.2 Å². The quantitative estimate of drug-likeness (QED) is 0.753. The van der Waals surface area contributed by atoms with Crippen molar-refractivity contribution >= 4 is 16.9 Å². The molecule has 5 heteroatoms. The van der Waals surface area contributed by atoms with Gasteiger partial charge in [-0.2, -0.15) is 0 Å². The average Bonchev–Trinajstić information content (AvgIpc) is 3.20. The van der Waals surface area contributed by atoms with E-state index in [1.165, 1.54) is 11.1 Å². The van der Waals surface area contributed by atoms with Crippen LogP contribution in [-0.4, -0.2) is 40.5 Å². The molecule has 27 heavy (non-hydrogen) atoms. The van der Waals surface area contributed by atoms with Crippen LogP contribution < -0.4 is 4.74 Å². The largest absolute Gasteiger partial charge is 0.497 e. The van der Waals surface area contributed by atoms with Crippen LogP contribution in [0.3, 0.4) is 0 Å². The van der Waals surface area contributed by atoms with E-state index >= 15 is 0 Å². The Bertz CT molecular complexity index is 1010. The summed E-state index contributed by atoms with van der Waals surface area (Å²) >= 11 is 0. The monoisotopic (exact) mass is 361 g/mol. The molecule has 1 aromatic heterocycles. The maximum Gasteiger partial charge on any atom is 0.254 e. The third kappa shape index (κ3) is 2.69. The predicted octanol–water partition coefficient (Wildman–Crippen LogP) is 3.91. The Kier molecular flexibility index (Phi) is 3.88. The van der Waals surface area contributed by atoms with E-state index in [2.05, 4.69) is 27.0 Å². The highest BCUT2D eigenvalue weighted by atomic mass is 16.5. The van der Waals surface area contributed by atoms with Crippen LogP contribution in [0.4, 0.5) is 0 Å². The van der Waals surface area contributed by atoms with Crippen molar-refractivity contribution in [3.63, 3.8) is 0 Å². The number of fused-ring (bicyclic) bond motifs is 4. The van der Waals surface area contributed by atoms with Crippen molar-refractivity contribution in [2.75, 3.05) is 13.7 Å². The van der Waals surface area contributed by atoms with Gasteiger partial charge in [-0.25, -0.2) is 4.98 Å². The molecule has 2 atom stereocenters. The number of ether oxygens (including phenoxy) is 1. The Hall–Kier alpha value is -2.82. The zero-order chi connectivity index (χ0) is 18.4. The number of methoxy groups -OCH3 is 1. The van der Waals surface area contributed by atoms with Gasteiger partial charge in [0.1, 0.15) is 5.75 Å². The molecule has 1 saturated heterocycles. The summed E-state index contributed by atoms with van der Waals surface area (Å²) in [5.74, 6) is 1.44. The number of hydrogen-bond donors (Lipinski definition) is 1. The van der Waals surface area contributed by atoms with E-state index in [0.717, 1.165) is 54.6 Å². The lowest BCUT2D eigenvalue weighted by Crippen LogP contribution is -2.49. The summed E-state index contributed by atoms with van der Waals surface area (Å²) in [7, 11) is 1.71. The van der Waals surface area contributed by atoms with Crippen molar-refractivity contribution in [3.05, 3.63) is 59.4 Å². The fourth-order valence-electron chi connectivity index (χ4n) is 4.84. The van der Waals surface area contributed by atoms with Crippen LogP contribution in [0.1, 0.15) is 46.7 Å². The van der Waals surface area contributed by atoms with Gasteiger partial charge in [0, 0.05) is 24.1 Å². The molecule has 0 bridgehead atoms. The van der Waals surface area contributed by atoms with Gasteiger partial charge in [0.2, 0.25) is 0 Å². The van der Waals surface area contributed by atoms with Crippen LogP contribution in [0.2, 0.25) is 0 Å². The van der Waals surface area contributed by atoms with E-state index in [9.17, 15) is 4.79 Å². The Labute approximate surface area is 158 Å². The van der Waals surface area contributed by atoms with E-state index in [4.69, 9.17) is 4.74 Å². The highest BCUT2D eigenvalue weighted by molar-refractivity contribution is 5.97. The molecule has 2 heterocycles. The number of aryl methyl sites for hydroxylation is 1. The molecule has 1 aliphatic carbocycles. The second-order valence-corrected chi connectivity index (χ2v) is 7.55. The minimum atomic E-state index is 0.132. The Balaban J connectivity index is 1.47. The van der Waals surface area contributed by atoms with Gasteiger partial charge < -0.3 is 14.6 Å². The van der Waals surface area contributed by atoms with E-state index < -0.39 is 0 Å². The Morgan fingerprint density at radius 3 is 3.04 bits per heavy atom. The Morgan fingerprint density at radius 2 is 2.15 bits per heavy atom. The van der Waals surface area contributed by atoms with Crippen LogP contribution in [0.15, 0.2) is 42.7 Å². The van der Waals surface area contributed by atoms with Gasteiger partial charge in [0.05, 0.1) is 24.5 Å². The summed E-state index contributed by atoms with van der Waals surface area (Å²) in [6.07, 6.45) is 5.89. The molecule has 2 aliphatic rings. The number of likely N-dealkylation sites (tertiary alicyclic amines) is 1. The van der Waals surface area contributed by atoms with Gasteiger partial charge in [-0.3, -0.25) is 4.79 Å². The first kappa shape index (κ1) is 16.4. The zero-order valence-corrected chi connectivity index (χ0v) is 15.4. The first-order valence-electron chi connectivity index (χ1n) is 9.65. The van der Waals surface area contributed by atoms with Crippen LogP contribution in [-0.2, 0) is 6.42 Å². The number of H-pyrrole nitrogens is 1. The van der Waals surface area contributed by atoms with Gasteiger partial charge in [0.25, 0.3) is 5.91 Å². The molecule has 2 aromatic carbocycles. The number of imidazole rings is 1. The highest BCUT2D eigenvalue weighted by Gasteiger charge is 2.38. The average molecular weight is 361 g/mol. The molecule has 1 aliphatic heterocycles. The number of carbonyl (C=O) groups is 1. The van der Waals surface area contributed by atoms with Gasteiger partial charge in [-0.1, -0.05) is 6.07 Å². The number of aromatic nitrogens is 2. The summed E-state index contributed by atoms with van der Waals surface area (Å²) in [4.78, 5) is 22.8. The predicted molar refractivity (Wildman–Crippen MR) is 104 cm³/mol. The first-order valence-corrected chi connectivity index (χ1v) is 9.65.